The number of nitrogens with zero attached hydrogens (tertiary/aromatic N) is 3. The monoisotopic (exact) mass is 470 g/mol. The maximum Gasteiger partial charge on any atom is 0.257 e. The Morgan fingerprint density at radius 1 is 1.33 bits per heavy atom. The maximum atomic E-state index is 11.5. The molecule has 0 bridgehead atoms. The molecule has 1 fully saturated rings. The molecule has 3 N–H and O–H groups in total. The highest BCUT2D eigenvalue weighted by Gasteiger charge is 2.21. The summed E-state index contributed by atoms with van der Waals surface area (Å²) in [5.41, 5.74) is 4.12. The number of H-pyrrole nitrogens is 1. The van der Waals surface area contributed by atoms with Crippen molar-refractivity contribution in [2.24, 2.45) is 0 Å². The van der Waals surface area contributed by atoms with E-state index in [9.17, 15) is 4.79 Å². The number of likely N-dealkylation sites (tertiary alicyclic amines) is 1. The largest absolute Gasteiger partial charge is 0.484 e. The number of pyridine rings is 1. The zero-order chi connectivity index (χ0) is 23.4. The average molecular weight is 471 g/mol. The molecule has 4 rings (SSSR count). The number of aryl methyl sites for hydroxylation is 1. The standard InChI is InChI=1S/C24H31ClN6O2/c1-4-9-31-10-7-17(8-11-31)28-21-18(25)13-27-24-22(21)29-23(30-24)16-5-6-19(15(2)12-16)33-14-20(32)26-3/h5-6,12-13,17H,4,7-11,14H2,1-3H3,(H,26,32)(H2,27,28,29,30). The lowest BCUT2D eigenvalue weighted by Crippen LogP contribution is -2.39. The van der Waals surface area contributed by atoms with Crippen LogP contribution < -0.4 is 15.4 Å². The van der Waals surface area contributed by atoms with Crippen LogP contribution in [0.15, 0.2) is 24.4 Å². The summed E-state index contributed by atoms with van der Waals surface area (Å²) in [6.45, 7) is 7.50. The number of carbonyl (C=O) groups is 1. The Kier molecular flexibility index (Phi) is 7.35. The SMILES string of the molecule is CCCN1CCC(Nc2c(Cl)cnc3nc(-c4ccc(OCC(=O)NC)c(C)c4)[nH]c23)CC1. The van der Waals surface area contributed by atoms with Gasteiger partial charge in [0, 0.05) is 31.7 Å². The Morgan fingerprint density at radius 2 is 2.12 bits per heavy atom. The molecule has 176 valence electrons. The van der Waals surface area contributed by atoms with Crippen molar-refractivity contribution >= 4 is 34.4 Å². The number of hydrogen-bond donors (Lipinski definition) is 3. The van der Waals surface area contributed by atoms with Gasteiger partial charge in [0.05, 0.1) is 16.9 Å². The topological polar surface area (TPSA) is 95.2 Å². The Balaban J connectivity index is 1.54. The number of nitrogens with one attached hydrogen (secondary N) is 3. The number of anilines is 1. The zero-order valence-electron chi connectivity index (χ0n) is 19.4. The Hall–Kier alpha value is -2.84. The molecule has 3 heterocycles. The summed E-state index contributed by atoms with van der Waals surface area (Å²) < 4.78 is 5.60. The van der Waals surface area contributed by atoms with Crippen LogP contribution in [0.3, 0.4) is 0 Å². The number of aromatic amines is 1. The van der Waals surface area contributed by atoms with Gasteiger partial charge in [-0.05, 0) is 56.5 Å². The van der Waals surface area contributed by atoms with E-state index in [0.717, 1.165) is 54.8 Å². The van der Waals surface area contributed by atoms with Crippen LogP contribution in [0.4, 0.5) is 5.69 Å². The molecule has 0 radical (unpaired) electrons. The predicted molar refractivity (Wildman–Crippen MR) is 132 cm³/mol. The molecular formula is C24H31ClN6O2. The first-order chi connectivity index (χ1) is 16.0. The third kappa shape index (κ3) is 5.39. The van der Waals surface area contributed by atoms with E-state index in [1.54, 1.807) is 13.2 Å². The number of likely N-dealkylation sites (N-methyl/N-ethyl adjacent to an activating group) is 1. The van der Waals surface area contributed by atoms with Crippen molar-refractivity contribution in [2.75, 3.05) is 38.6 Å². The number of hydrogen-bond acceptors (Lipinski definition) is 6. The van der Waals surface area contributed by atoms with Crippen LogP contribution in [0.2, 0.25) is 5.02 Å². The molecule has 0 spiro atoms. The van der Waals surface area contributed by atoms with Gasteiger partial charge >= 0.3 is 0 Å². The van der Waals surface area contributed by atoms with Crippen LogP contribution in [0.25, 0.3) is 22.6 Å². The van der Waals surface area contributed by atoms with Crippen LogP contribution in [0.5, 0.6) is 5.75 Å². The second kappa shape index (κ2) is 10.4. The number of piperidine rings is 1. The van der Waals surface area contributed by atoms with Gasteiger partial charge < -0.3 is 25.3 Å². The molecule has 3 aromatic rings. The van der Waals surface area contributed by atoms with Gasteiger partial charge in [0.25, 0.3) is 5.91 Å². The predicted octanol–water partition coefficient (Wildman–Crippen LogP) is 4.00. The summed E-state index contributed by atoms with van der Waals surface area (Å²) in [6.07, 6.45) is 5.01. The van der Waals surface area contributed by atoms with Gasteiger partial charge in [-0.25, -0.2) is 9.97 Å². The minimum absolute atomic E-state index is 0.0177. The van der Waals surface area contributed by atoms with E-state index in [2.05, 4.69) is 32.4 Å². The summed E-state index contributed by atoms with van der Waals surface area (Å²) in [4.78, 5) is 26.5. The minimum atomic E-state index is -0.171. The normalized spacial score (nSPS) is 15.0. The second-order valence-corrected chi connectivity index (χ2v) is 8.87. The van der Waals surface area contributed by atoms with Crippen molar-refractivity contribution in [1.82, 2.24) is 25.2 Å². The molecule has 0 unspecified atom stereocenters. The lowest BCUT2D eigenvalue weighted by atomic mass is 10.0. The number of amides is 1. The van der Waals surface area contributed by atoms with E-state index in [0.29, 0.717) is 28.3 Å². The van der Waals surface area contributed by atoms with Crippen LogP contribution in [0, 0.1) is 6.92 Å². The zero-order valence-corrected chi connectivity index (χ0v) is 20.1. The van der Waals surface area contributed by atoms with Gasteiger partial charge in [-0.2, -0.15) is 0 Å². The number of ether oxygens (including phenoxy) is 1. The van der Waals surface area contributed by atoms with E-state index >= 15 is 0 Å². The number of halogens is 1. The Labute approximate surface area is 199 Å². The van der Waals surface area contributed by atoms with Crippen molar-refractivity contribution in [1.29, 1.82) is 0 Å². The smallest absolute Gasteiger partial charge is 0.257 e. The second-order valence-electron chi connectivity index (χ2n) is 8.47. The fraction of sp³-hybridized carbons (Fsp3) is 0.458. The van der Waals surface area contributed by atoms with E-state index in [1.165, 1.54) is 6.42 Å². The summed E-state index contributed by atoms with van der Waals surface area (Å²) >= 11 is 6.54. The van der Waals surface area contributed by atoms with Crippen LogP contribution >= 0.6 is 11.6 Å². The molecule has 1 aliphatic heterocycles. The van der Waals surface area contributed by atoms with Crippen molar-refractivity contribution in [3.8, 4) is 17.1 Å². The first-order valence-corrected chi connectivity index (χ1v) is 11.8. The lowest BCUT2D eigenvalue weighted by Gasteiger charge is -2.32. The number of imidazole rings is 1. The van der Waals surface area contributed by atoms with Crippen molar-refractivity contribution in [3.05, 3.63) is 35.0 Å². The molecule has 0 saturated carbocycles. The Morgan fingerprint density at radius 3 is 2.82 bits per heavy atom. The van der Waals surface area contributed by atoms with Gasteiger partial charge in [0.15, 0.2) is 12.3 Å². The highest BCUT2D eigenvalue weighted by molar-refractivity contribution is 6.34. The maximum absolute atomic E-state index is 11.5. The molecule has 9 heteroatoms. The molecular weight excluding hydrogens is 440 g/mol. The molecule has 0 aliphatic carbocycles. The highest BCUT2D eigenvalue weighted by atomic mass is 35.5. The van der Waals surface area contributed by atoms with Gasteiger partial charge in [0.1, 0.15) is 17.1 Å². The number of carbonyl (C=O) groups excluding carboxylic acids is 1. The molecule has 1 saturated heterocycles. The van der Waals surface area contributed by atoms with E-state index in [-0.39, 0.29) is 12.5 Å². The van der Waals surface area contributed by atoms with Crippen LogP contribution in [0.1, 0.15) is 31.7 Å². The van der Waals surface area contributed by atoms with E-state index in [4.69, 9.17) is 21.3 Å². The molecule has 1 amide bonds. The van der Waals surface area contributed by atoms with Gasteiger partial charge in [-0.1, -0.05) is 18.5 Å². The van der Waals surface area contributed by atoms with Crippen LogP contribution in [-0.2, 0) is 4.79 Å². The van der Waals surface area contributed by atoms with Crippen LogP contribution in [-0.4, -0.2) is 65.1 Å². The van der Waals surface area contributed by atoms with E-state index in [1.807, 2.05) is 25.1 Å². The summed E-state index contributed by atoms with van der Waals surface area (Å²) in [5, 5.41) is 6.78. The fourth-order valence-corrected chi connectivity index (χ4v) is 4.40. The summed E-state index contributed by atoms with van der Waals surface area (Å²) in [6, 6.07) is 6.12. The molecule has 0 atom stereocenters. The number of benzene rings is 1. The molecule has 1 aromatic carbocycles. The third-order valence-corrected chi connectivity index (χ3v) is 6.32. The average Bonchev–Trinajstić information content (AvgIpc) is 3.26. The minimum Gasteiger partial charge on any atom is -0.484 e. The van der Waals surface area contributed by atoms with Crippen molar-refractivity contribution < 1.29 is 9.53 Å². The van der Waals surface area contributed by atoms with Gasteiger partial charge in [0.2, 0.25) is 0 Å². The lowest BCUT2D eigenvalue weighted by molar-refractivity contribution is -0.122. The molecule has 2 aromatic heterocycles. The number of rotatable bonds is 8. The van der Waals surface area contributed by atoms with E-state index < -0.39 is 0 Å². The highest BCUT2D eigenvalue weighted by Crippen LogP contribution is 2.33. The van der Waals surface area contributed by atoms with Crippen molar-refractivity contribution in [3.63, 3.8) is 0 Å². The quantitative estimate of drug-likeness (QED) is 0.460. The number of aromatic nitrogens is 3. The van der Waals surface area contributed by atoms with Gasteiger partial charge in [-0.15, -0.1) is 0 Å². The van der Waals surface area contributed by atoms with Gasteiger partial charge in [-0.3, -0.25) is 4.79 Å². The first kappa shape index (κ1) is 23.3. The molecule has 8 nitrogen and oxygen atoms in total. The third-order valence-electron chi connectivity index (χ3n) is 6.04. The summed E-state index contributed by atoms with van der Waals surface area (Å²) in [5.74, 6) is 1.20. The van der Waals surface area contributed by atoms with Crippen molar-refractivity contribution in [2.45, 2.75) is 39.2 Å². The molecule has 33 heavy (non-hydrogen) atoms. The first-order valence-electron chi connectivity index (χ1n) is 11.5. The fourth-order valence-electron chi connectivity index (χ4n) is 4.21. The number of fused-ring (bicyclic) bond motifs is 1. The summed E-state index contributed by atoms with van der Waals surface area (Å²) in [7, 11) is 1.59. The Bertz CT molecular complexity index is 1120. The molecule has 1 aliphatic rings.